The summed E-state index contributed by atoms with van der Waals surface area (Å²) >= 11 is 0. The Kier molecular flexibility index (Phi) is 4.37. The Morgan fingerprint density at radius 2 is 1.91 bits per heavy atom. The van der Waals surface area contributed by atoms with E-state index in [4.69, 9.17) is 5.73 Å². The van der Waals surface area contributed by atoms with Gasteiger partial charge < -0.3 is 20.9 Å². The molecule has 0 radical (unpaired) electrons. The van der Waals surface area contributed by atoms with Crippen LogP contribution in [0.1, 0.15) is 18.4 Å². The second-order valence-electron chi connectivity index (χ2n) is 6.67. The lowest BCUT2D eigenvalue weighted by molar-refractivity contribution is -0.132. The smallest absolute Gasteiger partial charge is 0.244 e. The van der Waals surface area contributed by atoms with Crippen LogP contribution in [0.2, 0.25) is 0 Å². The molecule has 6 nitrogen and oxygen atoms in total. The van der Waals surface area contributed by atoms with Crippen molar-refractivity contribution < 1.29 is 9.59 Å². The Morgan fingerprint density at radius 3 is 2.57 bits per heavy atom. The van der Waals surface area contributed by atoms with Gasteiger partial charge in [0.2, 0.25) is 11.8 Å². The highest BCUT2D eigenvalue weighted by atomic mass is 16.2. The van der Waals surface area contributed by atoms with Crippen molar-refractivity contribution >= 4 is 17.5 Å². The molecule has 0 bridgehead atoms. The van der Waals surface area contributed by atoms with Gasteiger partial charge in [-0.2, -0.15) is 0 Å². The van der Waals surface area contributed by atoms with Crippen LogP contribution in [0.5, 0.6) is 0 Å². The minimum Gasteiger partial charge on any atom is -0.340 e. The van der Waals surface area contributed by atoms with Gasteiger partial charge in [0.15, 0.2) is 0 Å². The van der Waals surface area contributed by atoms with Crippen molar-refractivity contribution in [2.75, 3.05) is 38.5 Å². The van der Waals surface area contributed by atoms with Gasteiger partial charge in [-0.05, 0) is 37.6 Å². The van der Waals surface area contributed by atoms with Crippen molar-refractivity contribution in [2.24, 2.45) is 5.73 Å². The van der Waals surface area contributed by atoms with Gasteiger partial charge >= 0.3 is 0 Å². The van der Waals surface area contributed by atoms with Crippen LogP contribution < -0.4 is 11.1 Å². The number of amides is 2. The van der Waals surface area contributed by atoms with Gasteiger partial charge in [0.25, 0.3) is 0 Å². The summed E-state index contributed by atoms with van der Waals surface area (Å²) in [7, 11) is 2.07. The van der Waals surface area contributed by atoms with Crippen molar-refractivity contribution in [3.05, 3.63) is 29.8 Å². The number of anilines is 1. The Hall–Kier alpha value is -1.92. The maximum Gasteiger partial charge on any atom is 0.244 e. The first-order valence-electron chi connectivity index (χ1n) is 8.12. The predicted octanol–water partition coefficient (Wildman–Crippen LogP) is 0.433. The van der Waals surface area contributed by atoms with Crippen LogP contribution in [-0.2, 0) is 16.0 Å². The molecular formula is C17H24N4O2. The third-order valence-corrected chi connectivity index (χ3v) is 4.64. The largest absolute Gasteiger partial charge is 0.340 e. The highest BCUT2D eigenvalue weighted by Gasteiger charge is 2.45. The second-order valence-corrected chi connectivity index (χ2v) is 6.67. The molecule has 6 heteroatoms. The zero-order valence-electron chi connectivity index (χ0n) is 13.5. The molecule has 0 unspecified atom stereocenters. The van der Waals surface area contributed by atoms with E-state index in [1.807, 2.05) is 29.2 Å². The summed E-state index contributed by atoms with van der Waals surface area (Å²) in [6.07, 6.45) is 1.84. The number of piperazine rings is 1. The number of hydrogen-bond donors (Lipinski definition) is 2. The lowest BCUT2D eigenvalue weighted by Gasteiger charge is -2.32. The third kappa shape index (κ3) is 3.89. The van der Waals surface area contributed by atoms with Crippen LogP contribution in [0, 0.1) is 0 Å². The van der Waals surface area contributed by atoms with E-state index in [9.17, 15) is 9.59 Å². The Morgan fingerprint density at radius 1 is 1.22 bits per heavy atom. The summed E-state index contributed by atoms with van der Waals surface area (Å²) in [5, 5.41) is 2.85. The first kappa shape index (κ1) is 16.0. The fraction of sp³-hybridized carbons (Fsp3) is 0.529. The van der Waals surface area contributed by atoms with E-state index in [-0.39, 0.29) is 11.8 Å². The van der Waals surface area contributed by atoms with Crippen LogP contribution in [-0.4, -0.2) is 60.4 Å². The molecule has 2 aliphatic rings. The van der Waals surface area contributed by atoms with Crippen molar-refractivity contribution in [2.45, 2.75) is 24.8 Å². The Labute approximate surface area is 136 Å². The van der Waals surface area contributed by atoms with E-state index in [0.717, 1.165) is 44.6 Å². The predicted molar refractivity (Wildman–Crippen MR) is 89.0 cm³/mol. The SMILES string of the molecule is CN1CCN(C(=O)Cc2cccc(NC(=O)C3(N)CC3)c2)CC1. The standard InChI is InChI=1S/C17H24N4O2/c1-20-7-9-21(10-8-20)15(22)12-13-3-2-4-14(11-13)19-16(23)17(18)5-6-17/h2-4,11H,5-10,12,18H2,1H3,(H,19,23). The normalized spacial score (nSPS) is 20.2. The summed E-state index contributed by atoms with van der Waals surface area (Å²) in [4.78, 5) is 28.5. The molecule has 0 atom stereocenters. The van der Waals surface area contributed by atoms with Gasteiger partial charge in [0, 0.05) is 31.9 Å². The zero-order chi connectivity index (χ0) is 16.4. The first-order chi connectivity index (χ1) is 11.0. The van der Waals surface area contributed by atoms with Gasteiger partial charge in [-0.25, -0.2) is 0 Å². The van der Waals surface area contributed by atoms with Crippen LogP contribution in [0.25, 0.3) is 0 Å². The van der Waals surface area contributed by atoms with Crippen molar-refractivity contribution in [1.29, 1.82) is 0 Å². The van der Waals surface area contributed by atoms with E-state index in [1.165, 1.54) is 0 Å². The van der Waals surface area contributed by atoms with Crippen molar-refractivity contribution in [3.8, 4) is 0 Å². The highest BCUT2D eigenvalue weighted by Crippen LogP contribution is 2.33. The number of nitrogens with zero attached hydrogens (tertiary/aromatic N) is 2. The minimum atomic E-state index is -0.689. The number of rotatable bonds is 4. The van der Waals surface area contributed by atoms with Gasteiger partial charge in [0.05, 0.1) is 12.0 Å². The monoisotopic (exact) mass is 316 g/mol. The lowest BCUT2D eigenvalue weighted by atomic mass is 10.1. The number of likely N-dealkylation sites (N-methyl/N-ethyl adjacent to an activating group) is 1. The zero-order valence-corrected chi connectivity index (χ0v) is 13.5. The maximum atomic E-state index is 12.4. The van der Waals surface area contributed by atoms with Crippen LogP contribution in [0.3, 0.4) is 0 Å². The van der Waals surface area contributed by atoms with Gasteiger partial charge in [0.1, 0.15) is 0 Å². The van der Waals surface area contributed by atoms with Gasteiger partial charge in [-0.3, -0.25) is 9.59 Å². The molecule has 0 spiro atoms. The number of benzene rings is 1. The fourth-order valence-electron chi connectivity index (χ4n) is 2.72. The Bertz CT molecular complexity index is 604. The lowest BCUT2D eigenvalue weighted by Crippen LogP contribution is -2.47. The molecule has 1 saturated heterocycles. The molecule has 0 aromatic heterocycles. The van der Waals surface area contributed by atoms with Gasteiger partial charge in [-0.15, -0.1) is 0 Å². The van der Waals surface area contributed by atoms with E-state index in [0.29, 0.717) is 12.1 Å². The van der Waals surface area contributed by atoms with E-state index in [1.54, 1.807) is 0 Å². The van der Waals surface area contributed by atoms with Crippen molar-refractivity contribution in [3.63, 3.8) is 0 Å². The molecule has 1 aromatic rings. The Balaban J connectivity index is 1.59. The highest BCUT2D eigenvalue weighted by molar-refractivity contribution is 6.00. The second kappa shape index (κ2) is 6.29. The fourth-order valence-corrected chi connectivity index (χ4v) is 2.72. The molecule has 1 aliphatic carbocycles. The van der Waals surface area contributed by atoms with Crippen LogP contribution in [0.15, 0.2) is 24.3 Å². The third-order valence-electron chi connectivity index (χ3n) is 4.64. The van der Waals surface area contributed by atoms with E-state index in [2.05, 4.69) is 17.3 Å². The van der Waals surface area contributed by atoms with E-state index < -0.39 is 5.54 Å². The molecule has 3 rings (SSSR count). The number of hydrogen-bond acceptors (Lipinski definition) is 4. The molecule has 1 aromatic carbocycles. The van der Waals surface area contributed by atoms with Crippen molar-refractivity contribution in [1.82, 2.24) is 9.80 Å². The molecule has 2 amide bonds. The minimum absolute atomic E-state index is 0.138. The summed E-state index contributed by atoms with van der Waals surface area (Å²) < 4.78 is 0. The molecule has 1 aliphatic heterocycles. The van der Waals surface area contributed by atoms with Crippen LogP contribution in [0.4, 0.5) is 5.69 Å². The van der Waals surface area contributed by atoms with E-state index >= 15 is 0 Å². The molecule has 23 heavy (non-hydrogen) atoms. The quantitative estimate of drug-likeness (QED) is 0.844. The summed E-state index contributed by atoms with van der Waals surface area (Å²) in [6.45, 7) is 3.39. The number of carbonyl (C=O) groups excluding carboxylic acids is 2. The molecule has 3 N–H and O–H groups in total. The number of carbonyl (C=O) groups is 2. The molecule has 124 valence electrons. The summed E-state index contributed by atoms with van der Waals surface area (Å²) in [5.41, 5.74) is 6.81. The average Bonchev–Trinajstić information content (AvgIpc) is 3.27. The topological polar surface area (TPSA) is 78.7 Å². The average molecular weight is 316 g/mol. The summed E-state index contributed by atoms with van der Waals surface area (Å²) in [6, 6.07) is 7.46. The van der Waals surface area contributed by atoms with Gasteiger partial charge in [-0.1, -0.05) is 12.1 Å². The molecule has 1 heterocycles. The first-order valence-corrected chi connectivity index (χ1v) is 8.12. The summed E-state index contributed by atoms with van der Waals surface area (Å²) in [5.74, 6) is -0.000825. The molecule has 1 saturated carbocycles. The number of nitrogens with two attached hydrogens (primary N) is 1. The number of nitrogens with one attached hydrogen (secondary N) is 1. The van der Waals surface area contributed by atoms with Crippen LogP contribution >= 0.6 is 0 Å². The maximum absolute atomic E-state index is 12.4. The molecular weight excluding hydrogens is 292 g/mol. The molecule has 2 fully saturated rings.